The van der Waals surface area contributed by atoms with Crippen molar-refractivity contribution >= 4 is 17.5 Å². The second-order valence-electron chi connectivity index (χ2n) is 5.18. The molecule has 0 aliphatic carbocycles. The maximum absolute atomic E-state index is 12.3. The van der Waals surface area contributed by atoms with Gasteiger partial charge in [0.05, 0.1) is 6.10 Å². The lowest BCUT2D eigenvalue weighted by Gasteiger charge is -2.34. The summed E-state index contributed by atoms with van der Waals surface area (Å²) in [5.41, 5.74) is 0.840. The highest BCUT2D eigenvalue weighted by Gasteiger charge is 2.29. The van der Waals surface area contributed by atoms with Crippen molar-refractivity contribution in [3.63, 3.8) is 0 Å². The third-order valence-corrected chi connectivity index (χ3v) is 4.28. The Bertz CT molecular complexity index is 413. The molecule has 2 rings (SSSR count). The number of halogens is 1. The van der Waals surface area contributed by atoms with Crippen LogP contribution in [0.1, 0.15) is 30.7 Å². The van der Waals surface area contributed by atoms with Gasteiger partial charge in [0.25, 0.3) is 0 Å². The summed E-state index contributed by atoms with van der Waals surface area (Å²) in [4.78, 5) is 14.1. The topological polar surface area (TPSA) is 40.5 Å². The van der Waals surface area contributed by atoms with Gasteiger partial charge in [0.1, 0.15) is 5.38 Å². The van der Waals surface area contributed by atoms with Crippen molar-refractivity contribution in [3.8, 4) is 0 Å². The maximum atomic E-state index is 12.3. The lowest BCUT2D eigenvalue weighted by molar-refractivity contribution is -0.132. The fraction of sp³-hybridized carbons (Fsp3) is 0.533. The average molecular weight is 282 g/mol. The van der Waals surface area contributed by atoms with E-state index in [1.807, 2.05) is 42.2 Å². The van der Waals surface area contributed by atoms with Crippen molar-refractivity contribution in [3.05, 3.63) is 35.9 Å². The highest BCUT2D eigenvalue weighted by Crippen LogP contribution is 2.27. The molecular weight excluding hydrogens is 262 g/mol. The molecule has 0 aromatic heterocycles. The summed E-state index contributed by atoms with van der Waals surface area (Å²) in [6.45, 7) is 3.19. The quantitative estimate of drug-likeness (QED) is 0.865. The number of likely N-dealkylation sites (tertiary alicyclic amines) is 1. The summed E-state index contributed by atoms with van der Waals surface area (Å²) in [5, 5.41) is 8.95. The van der Waals surface area contributed by atoms with Gasteiger partial charge in [-0.15, -0.1) is 11.6 Å². The normalized spacial score (nSPS) is 20.1. The zero-order valence-electron chi connectivity index (χ0n) is 11.1. The van der Waals surface area contributed by atoms with Crippen LogP contribution in [0.25, 0.3) is 0 Å². The Hall–Kier alpha value is -1.06. The molecule has 0 radical (unpaired) electrons. The van der Waals surface area contributed by atoms with Crippen LogP contribution in [0.2, 0.25) is 0 Å². The second-order valence-corrected chi connectivity index (χ2v) is 5.61. The lowest BCUT2D eigenvalue weighted by Crippen LogP contribution is -2.42. The van der Waals surface area contributed by atoms with Crippen LogP contribution in [0, 0.1) is 5.92 Å². The van der Waals surface area contributed by atoms with Crippen LogP contribution in [0.3, 0.4) is 0 Å². The predicted octanol–water partition coefficient (Wildman–Crippen LogP) is 2.59. The molecule has 1 N–H and O–H groups in total. The van der Waals surface area contributed by atoms with Gasteiger partial charge in [-0.3, -0.25) is 4.79 Å². The van der Waals surface area contributed by atoms with E-state index >= 15 is 0 Å². The van der Waals surface area contributed by atoms with E-state index in [9.17, 15) is 9.90 Å². The monoisotopic (exact) mass is 281 g/mol. The first-order chi connectivity index (χ1) is 9.09. The minimum absolute atomic E-state index is 0.0306. The van der Waals surface area contributed by atoms with E-state index < -0.39 is 5.38 Å². The third kappa shape index (κ3) is 3.48. The van der Waals surface area contributed by atoms with E-state index in [-0.39, 0.29) is 12.0 Å². The summed E-state index contributed by atoms with van der Waals surface area (Å²) in [5.74, 6) is 0.270. The van der Waals surface area contributed by atoms with Crippen LogP contribution < -0.4 is 0 Å². The number of piperidine rings is 1. The van der Waals surface area contributed by atoms with Gasteiger partial charge in [-0.2, -0.15) is 0 Å². The smallest absolute Gasteiger partial charge is 0.245 e. The fourth-order valence-corrected chi connectivity index (χ4v) is 2.81. The second kappa shape index (κ2) is 6.40. The summed E-state index contributed by atoms with van der Waals surface area (Å²) in [6, 6.07) is 9.43. The van der Waals surface area contributed by atoms with Gasteiger partial charge in [0.15, 0.2) is 0 Å². The van der Waals surface area contributed by atoms with Crippen LogP contribution >= 0.6 is 11.6 Å². The number of hydrogen-bond acceptors (Lipinski definition) is 2. The number of aliphatic hydroxyl groups is 1. The summed E-state index contributed by atoms with van der Waals surface area (Å²) in [7, 11) is 0. The molecule has 104 valence electrons. The largest absolute Gasteiger partial charge is 0.393 e. The fourth-order valence-electron chi connectivity index (χ4n) is 2.53. The molecule has 1 amide bonds. The number of carbonyl (C=O) groups is 1. The van der Waals surface area contributed by atoms with Crippen LogP contribution in [0.4, 0.5) is 0 Å². The molecule has 0 spiro atoms. The third-order valence-electron chi connectivity index (χ3n) is 3.84. The predicted molar refractivity (Wildman–Crippen MR) is 76.0 cm³/mol. The van der Waals surface area contributed by atoms with E-state index in [0.29, 0.717) is 19.0 Å². The average Bonchev–Trinajstić information content (AvgIpc) is 2.46. The Morgan fingerprint density at radius 2 is 1.89 bits per heavy atom. The first kappa shape index (κ1) is 14.4. The Balaban J connectivity index is 1.94. The molecule has 1 aromatic carbocycles. The van der Waals surface area contributed by atoms with Crippen molar-refractivity contribution in [2.24, 2.45) is 5.92 Å². The number of benzene rings is 1. The maximum Gasteiger partial charge on any atom is 0.245 e. The van der Waals surface area contributed by atoms with Crippen molar-refractivity contribution < 1.29 is 9.90 Å². The number of alkyl halides is 1. The van der Waals surface area contributed by atoms with Gasteiger partial charge in [0, 0.05) is 13.1 Å². The van der Waals surface area contributed by atoms with E-state index in [0.717, 1.165) is 18.4 Å². The summed E-state index contributed by atoms with van der Waals surface area (Å²) >= 11 is 6.25. The molecule has 0 saturated carbocycles. The number of aliphatic hydroxyl groups excluding tert-OH is 1. The van der Waals surface area contributed by atoms with Gasteiger partial charge in [0.2, 0.25) is 5.91 Å². The number of carbonyl (C=O) groups excluding carboxylic acids is 1. The summed E-state index contributed by atoms with van der Waals surface area (Å²) in [6.07, 6.45) is 1.40. The Kier molecular flexibility index (Phi) is 4.83. The minimum Gasteiger partial charge on any atom is -0.393 e. The highest BCUT2D eigenvalue weighted by atomic mass is 35.5. The number of amides is 1. The van der Waals surface area contributed by atoms with E-state index in [4.69, 9.17) is 11.6 Å². The minimum atomic E-state index is -0.607. The van der Waals surface area contributed by atoms with Crippen molar-refractivity contribution in [2.75, 3.05) is 13.1 Å². The van der Waals surface area contributed by atoms with Gasteiger partial charge in [-0.05, 0) is 31.2 Å². The number of rotatable bonds is 3. The molecule has 1 aliphatic rings. The number of hydrogen-bond donors (Lipinski definition) is 1. The SMILES string of the molecule is CC(O)C1CCN(C(=O)C(Cl)c2ccccc2)CC1. The zero-order chi connectivity index (χ0) is 13.8. The van der Waals surface area contributed by atoms with E-state index in [2.05, 4.69) is 0 Å². The zero-order valence-corrected chi connectivity index (χ0v) is 11.9. The van der Waals surface area contributed by atoms with Crippen LogP contribution in [-0.4, -0.2) is 35.1 Å². The molecule has 19 heavy (non-hydrogen) atoms. The van der Waals surface area contributed by atoms with Crippen LogP contribution in [-0.2, 0) is 4.79 Å². The van der Waals surface area contributed by atoms with Gasteiger partial charge in [-0.25, -0.2) is 0 Å². The molecule has 1 saturated heterocycles. The molecule has 2 atom stereocenters. The molecule has 1 fully saturated rings. The Labute approximate surface area is 119 Å². The molecular formula is C15H20ClNO2. The van der Waals surface area contributed by atoms with Crippen molar-refractivity contribution in [2.45, 2.75) is 31.2 Å². The Morgan fingerprint density at radius 3 is 2.42 bits per heavy atom. The Morgan fingerprint density at radius 1 is 1.32 bits per heavy atom. The molecule has 1 aromatic rings. The van der Waals surface area contributed by atoms with E-state index in [1.54, 1.807) is 0 Å². The summed E-state index contributed by atoms with van der Waals surface area (Å²) < 4.78 is 0. The van der Waals surface area contributed by atoms with Crippen molar-refractivity contribution in [1.82, 2.24) is 4.90 Å². The van der Waals surface area contributed by atoms with Crippen LogP contribution in [0.5, 0.6) is 0 Å². The lowest BCUT2D eigenvalue weighted by atomic mass is 9.92. The molecule has 1 aliphatic heterocycles. The van der Waals surface area contributed by atoms with Crippen molar-refractivity contribution in [1.29, 1.82) is 0 Å². The van der Waals surface area contributed by atoms with Crippen LogP contribution in [0.15, 0.2) is 30.3 Å². The molecule has 1 heterocycles. The molecule has 0 bridgehead atoms. The molecule has 3 nitrogen and oxygen atoms in total. The first-order valence-corrected chi connectivity index (χ1v) is 7.19. The van der Waals surface area contributed by atoms with Gasteiger partial charge < -0.3 is 10.0 Å². The first-order valence-electron chi connectivity index (χ1n) is 6.75. The highest BCUT2D eigenvalue weighted by molar-refractivity contribution is 6.30. The standard InChI is InChI=1S/C15H20ClNO2/c1-11(18)12-7-9-17(10-8-12)15(19)14(16)13-5-3-2-4-6-13/h2-6,11-12,14,18H,7-10H2,1H3. The van der Waals surface area contributed by atoms with Gasteiger partial charge in [-0.1, -0.05) is 30.3 Å². The molecule has 2 unspecified atom stereocenters. The van der Waals surface area contributed by atoms with E-state index in [1.165, 1.54) is 0 Å². The molecule has 4 heteroatoms. The van der Waals surface area contributed by atoms with Gasteiger partial charge >= 0.3 is 0 Å². The number of nitrogens with zero attached hydrogens (tertiary/aromatic N) is 1.